The van der Waals surface area contributed by atoms with Crippen LogP contribution in [-0.4, -0.2) is 43.7 Å². The van der Waals surface area contributed by atoms with Gasteiger partial charge < -0.3 is 25.4 Å². The van der Waals surface area contributed by atoms with Crippen LogP contribution in [0.2, 0.25) is 0 Å². The lowest BCUT2D eigenvalue weighted by Gasteiger charge is -2.20. The maximum atomic E-state index is 12.0. The first kappa shape index (κ1) is 23.1. The highest BCUT2D eigenvalue weighted by Crippen LogP contribution is 2.32. The van der Waals surface area contributed by atoms with E-state index in [0.29, 0.717) is 31.5 Å². The van der Waals surface area contributed by atoms with Crippen molar-refractivity contribution in [2.75, 3.05) is 31.6 Å². The van der Waals surface area contributed by atoms with Gasteiger partial charge in [-0.1, -0.05) is 6.08 Å². The van der Waals surface area contributed by atoms with Gasteiger partial charge >= 0.3 is 0 Å². The molecule has 0 bridgehead atoms. The molecule has 0 saturated heterocycles. The summed E-state index contributed by atoms with van der Waals surface area (Å²) >= 11 is 0. The number of amides is 1. The fourth-order valence-electron chi connectivity index (χ4n) is 2.29. The third kappa shape index (κ3) is 8.51. The topological polar surface area (TPSA) is 84.0 Å². The second-order valence-electron chi connectivity index (χ2n) is 6.97. The highest BCUT2D eigenvalue weighted by Gasteiger charge is 2.14. The molecule has 1 amide bonds. The molecule has 1 aromatic carbocycles. The van der Waals surface area contributed by atoms with E-state index in [-0.39, 0.29) is 42.0 Å². The molecular weight excluding hydrogens is 459 g/mol. The minimum Gasteiger partial charge on any atom is -0.490 e. The van der Waals surface area contributed by atoms with Gasteiger partial charge in [0, 0.05) is 30.3 Å². The molecule has 0 spiro atoms. The Kier molecular flexibility index (Phi) is 9.40. The number of rotatable bonds is 5. The summed E-state index contributed by atoms with van der Waals surface area (Å²) in [7, 11) is 0. The Labute approximate surface area is 178 Å². The van der Waals surface area contributed by atoms with Crippen LogP contribution in [0.25, 0.3) is 0 Å². The van der Waals surface area contributed by atoms with Gasteiger partial charge in [-0.15, -0.1) is 30.6 Å². The molecule has 0 saturated carbocycles. The molecule has 7 nitrogen and oxygen atoms in total. The van der Waals surface area contributed by atoms with Crippen molar-refractivity contribution in [1.29, 1.82) is 0 Å². The molecule has 0 aromatic heterocycles. The van der Waals surface area contributed by atoms with Crippen LogP contribution in [0.5, 0.6) is 11.5 Å². The molecule has 0 aliphatic carbocycles. The Bertz CT molecular complexity index is 671. The number of guanidine groups is 1. The van der Waals surface area contributed by atoms with Gasteiger partial charge in [-0.25, -0.2) is 4.99 Å². The number of halogens is 1. The van der Waals surface area contributed by atoms with Crippen molar-refractivity contribution in [3.8, 4) is 11.5 Å². The average molecular weight is 488 g/mol. The summed E-state index contributed by atoms with van der Waals surface area (Å²) in [5.74, 6) is 1.77. The van der Waals surface area contributed by atoms with Gasteiger partial charge in [-0.3, -0.25) is 4.79 Å². The summed E-state index contributed by atoms with van der Waals surface area (Å²) in [4.78, 5) is 16.3. The van der Waals surface area contributed by atoms with Gasteiger partial charge in [0.2, 0.25) is 5.91 Å². The number of carbonyl (C=O) groups is 1. The van der Waals surface area contributed by atoms with E-state index in [4.69, 9.17) is 9.47 Å². The third-order valence-corrected chi connectivity index (χ3v) is 3.32. The first-order chi connectivity index (χ1) is 12.4. The maximum absolute atomic E-state index is 12.0. The molecule has 3 N–H and O–H groups in total. The number of nitrogens with zero attached hydrogens (tertiary/aromatic N) is 1. The summed E-state index contributed by atoms with van der Waals surface area (Å²) in [6, 6.07) is 5.61. The standard InChI is InChI=1S/C19H28N4O3.HI/c1-5-9-20-18(21-13-17(24)23-19(2,3)4)22-14-7-8-15-16(12-14)26-11-6-10-25-15;/h5,7-8,12H,1,6,9-11,13H2,2-4H3,(H,23,24)(H2,20,21,22);1H. The summed E-state index contributed by atoms with van der Waals surface area (Å²) in [6.07, 6.45) is 2.58. The molecule has 0 fully saturated rings. The van der Waals surface area contributed by atoms with Gasteiger partial charge in [0.25, 0.3) is 0 Å². The van der Waals surface area contributed by atoms with Crippen molar-refractivity contribution in [2.45, 2.75) is 32.7 Å². The fourth-order valence-corrected chi connectivity index (χ4v) is 2.29. The van der Waals surface area contributed by atoms with E-state index in [0.717, 1.165) is 17.9 Å². The van der Waals surface area contributed by atoms with E-state index in [1.807, 2.05) is 39.0 Å². The van der Waals surface area contributed by atoms with Crippen LogP contribution < -0.4 is 25.4 Å². The zero-order chi connectivity index (χ0) is 19.0. The van der Waals surface area contributed by atoms with E-state index < -0.39 is 0 Å². The Hall–Kier alpha value is -1.97. The number of hydrogen-bond donors (Lipinski definition) is 3. The molecule has 1 aliphatic heterocycles. The van der Waals surface area contributed by atoms with E-state index in [9.17, 15) is 4.79 Å². The highest BCUT2D eigenvalue weighted by atomic mass is 127. The summed E-state index contributed by atoms with van der Waals surface area (Å²) < 4.78 is 11.3. The Morgan fingerprint density at radius 2 is 1.96 bits per heavy atom. The molecule has 27 heavy (non-hydrogen) atoms. The predicted octanol–water partition coefficient (Wildman–Crippen LogP) is 2.92. The largest absolute Gasteiger partial charge is 0.490 e. The Morgan fingerprint density at radius 3 is 2.63 bits per heavy atom. The molecule has 0 unspecified atom stereocenters. The van der Waals surface area contributed by atoms with Crippen molar-refractivity contribution in [1.82, 2.24) is 10.6 Å². The second-order valence-corrected chi connectivity index (χ2v) is 6.97. The van der Waals surface area contributed by atoms with Crippen LogP contribution in [0.1, 0.15) is 27.2 Å². The zero-order valence-electron chi connectivity index (χ0n) is 16.1. The highest BCUT2D eigenvalue weighted by molar-refractivity contribution is 14.0. The molecule has 1 aromatic rings. The number of benzene rings is 1. The van der Waals surface area contributed by atoms with E-state index >= 15 is 0 Å². The maximum Gasteiger partial charge on any atom is 0.242 e. The molecule has 150 valence electrons. The minimum atomic E-state index is -0.289. The van der Waals surface area contributed by atoms with E-state index in [1.165, 1.54) is 0 Å². The van der Waals surface area contributed by atoms with Crippen LogP contribution in [0.3, 0.4) is 0 Å². The lowest BCUT2D eigenvalue weighted by molar-refractivity contribution is -0.121. The predicted molar refractivity (Wildman–Crippen MR) is 119 cm³/mol. The molecule has 0 radical (unpaired) electrons. The quantitative estimate of drug-likeness (QED) is 0.257. The summed E-state index contributed by atoms with van der Waals surface area (Å²) in [5, 5.41) is 9.16. The van der Waals surface area contributed by atoms with Crippen LogP contribution in [0.4, 0.5) is 5.69 Å². The lowest BCUT2D eigenvalue weighted by Crippen LogP contribution is -2.42. The van der Waals surface area contributed by atoms with Crippen LogP contribution in [0, 0.1) is 0 Å². The van der Waals surface area contributed by atoms with Crippen LogP contribution >= 0.6 is 24.0 Å². The average Bonchev–Trinajstić information content (AvgIpc) is 2.80. The van der Waals surface area contributed by atoms with Gasteiger partial charge in [-0.2, -0.15) is 0 Å². The smallest absolute Gasteiger partial charge is 0.242 e. The van der Waals surface area contributed by atoms with Crippen molar-refractivity contribution in [2.24, 2.45) is 4.99 Å². The monoisotopic (exact) mass is 488 g/mol. The summed E-state index contributed by atoms with van der Waals surface area (Å²) in [6.45, 7) is 11.3. The van der Waals surface area contributed by atoms with Crippen LogP contribution in [0.15, 0.2) is 35.8 Å². The Morgan fingerprint density at radius 1 is 1.26 bits per heavy atom. The zero-order valence-corrected chi connectivity index (χ0v) is 18.5. The number of aliphatic imine (C=N–C) groups is 1. The van der Waals surface area contributed by atoms with E-state index in [1.54, 1.807) is 6.08 Å². The first-order valence-electron chi connectivity index (χ1n) is 8.74. The molecule has 1 aliphatic rings. The van der Waals surface area contributed by atoms with Gasteiger partial charge in [0.15, 0.2) is 17.5 Å². The van der Waals surface area contributed by atoms with Crippen molar-refractivity contribution in [3.05, 3.63) is 30.9 Å². The SMILES string of the molecule is C=CCNC(=NCC(=O)NC(C)(C)C)Nc1ccc2c(c1)OCCCO2.I. The Balaban J connectivity index is 0.00000364. The van der Waals surface area contributed by atoms with Crippen molar-refractivity contribution in [3.63, 3.8) is 0 Å². The molecule has 0 atom stereocenters. The van der Waals surface area contributed by atoms with E-state index in [2.05, 4.69) is 27.5 Å². The number of anilines is 1. The number of hydrogen-bond acceptors (Lipinski definition) is 4. The molecular formula is C19H29IN4O3. The lowest BCUT2D eigenvalue weighted by atomic mass is 10.1. The van der Waals surface area contributed by atoms with Crippen molar-refractivity contribution >= 4 is 41.5 Å². The number of fused-ring (bicyclic) bond motifs is 1. The normalized spacial score (nSPS) is 13.7. The van der Waals surface area contributed by atoms with Gasteiger partial charge in [-0.05, 0) is 32.9 Å². The van der Waals surface area contributed by atoms with Gasteiger partial charge in [0.05, 0.1) is 13.2 Å². The molecule has 2 rings (SSSR count). The number of carbonyl (C=O) groups excluding carboxylic acids is 1. The van der Waals surface area contributed by atoms with Crippen LogP contribution in [-0.2, 0) is 4.79 Å². The summed E-state index contributed by atoms with van der Waals surface area (Å²) in [5.41, 5.74) is 0.504. The number of nitrogens with one attached hydrogen (secondary N) is 3. The number of ether oxygens (including phenoxy) is 2. The molecule has 8 heteroatoms. The fraction of sp³-hybridized carbons (Fsp3) is 0.474. The second kappa shape index (κ2) is 11.0. The first-order valence-corrected chi connectivity index (χ1v) is 8.74. The van der Waals surface area contributed by atoms with Crippen molar-refractivity contribution < 1.29 is 14.3 Å². The minimum absolute atomic E-state index is 0. The third-order valence-electron chi connectivity index (χ3n) is 3.32. The molecule has 1 heterocycles. The van der Waals surface area contributed by atoms with Gasteiger partial charge in [0.1, 0.15) is 6.54 Å².